The Morgan fingerprint density at radius 2 is 1.65 bits per heavy atom. The molecule has 1 aliphatic rings. The van der Waals surface area contributed by atoms with Crippen molar-refractivity contribution >= 4 is 18.9 Å². The lowest BCUT2D eigenvalue weighted by Gasteiger charge is -2.32. The average molecular weight is 256 g/mol. The largest absolute Gasteiger partial charge is 0.500 e. The van der Waals surface area contributed by atoms with Crippen LogP contribution < -0.4 is 0 Å². The van der Waals surface area contributed by atoms with Crippen molar-refractivity contribution < 1.29 is 9.31 Å². The van der Waals surface area contributed by atoms with Gasteiger partial charge in [0.15, 0.2) is 0 Å². The zero-order valence-electron chi connectivity index (χ0n) is 11.8. The zero-order chi connectivity index (χ0) is 13.1. The van der Waals surface area contributed by atoms with Crippen LogP contribution in [0.15, 0.2) is 11.4 Å². The average Bonchev–Trinajstić information content (AvgIpc) is 2.43. The van der Waals surface area contributed by atoms with E-state index in [1.807, 2.05) is 0 Å². The van der Waals surface area contributed by atoms with Crippen molar-refractivity contribution in [2.24, 2.45) is 0 Å². The molecule has 1 fully saturated rings. The van der Waals surface area contributed by atoms with Gasteiger partial charge in [0.2, 0.25) is 0 Å². The Labute approximate surface area is 111 Å². The van der Waals surface area contributed by atoms with Crippen molar-refractivity contribution in [1.82, 2.24) is 0 Å². The molecule has 17 heavy (non-hydrogen) atoms. The molecule has 0 aromatic rings. The third-order valence-electron chi connectivity index (χ3n) is 3.55. The van der Waals surface area contributed by atoms with Gasteiger partial charge in [-0.1, -0.05) is 26.3 Å². The van der Waals surface area contributed by atoms with Gasteiger partial charge in [0.1, 0.15) is 0 Å². The van der Waals surface area contributed by atoms with E-state index in [0.29, 0.717) is 0 Å². The van der Waals surface area contributed by atoms with E-state index in [1.54, 1.807) is 11.8 Å². The molecule has 0 amide bonds. The Morgan fingerprint density at radius 3 is 2.12 bits per heavy atom. The van der Waals surface area contributed by atoms with Gasteiger partial charge in [0, 0.05) is 4.80 Å². The van der Waals surface area contributed by atoms with Crippen LogP contribution in [0.5, 0.6) is 0 Å². The van der Waals surface area contributed by atoms with Crippen molar-refractivity contribution in [3.8, 4) is 0 Å². The van der Waals surface area contributed by atoms with Gasteiger partial charge in [-0.05, 0) is 39.9 Å². The van der Waals surface area contributed by atoms with E-state index in [9.17, 15) is 0 Å². The lowest BCUT2D eigenvalue weighted by atomic mass is 9.90. The van der Waals surface area contributed by atoms with Gasteiger partial charge in [0.05, 0.1) is 11.2 Å². The topological polar surface area (TPSA) is 18.5 Å². The summed E-state index contributed by atoms with van der Waals surface area (Å²) in [5.74, 6) is 1.11. The highest BCUT2D eigenvalue weighted by Gasteiger charge is 2.52. The van der Waals surface area contributed by atoms with E-state index in [0.717, 1.165) is 10.6 Å². The highest BCUT2D eigenvalue weighted by Crippen LogP contribution is 2.40. The number of hydrogen-bond donors (Lipinski definition) is 0. The number of thioether (sulfide) groups is 1. The molecule has 0 radical (unpaired) electrons. The lowest BCUT2D eigenvalue weighted by molar-refractivity contribution is 0.00578. The third-order valence-corrected chi connectivity index (χ3v) is 4.61. The molecule has 2 nitrogen and oxygen atoms in total. The van der Waals surface area contributed by atoms with Gasteiger partial charge in [0.25, 0.3) is 0 Å². The third kappa shape index (κ3) is 3.77. The van der Waals surface area contributed by atoms with Crippen LogP contribution in [-0.4, -0.2) is 24.1 Å². The second-order valence-corrected chi connectivity index (χ2v) is 6.83. The standard InChI is InChI=1S/C13H25BO2S/c1-7-8-9-10-17-11(2)14-15-12(3,4)13(5,6)16-14/h2,7-10H2,1,3-6H3. The van der Waals surface area contributed by atoms with E-state index in [4.69, 9.17) is 9.31 Å². The Kier molecular flexibility index (Phi) is 5.17. The maximum absolute atomic E-state index is 5.94. The molecule has 0 atom stereocenters. The van der Waals surface area contributed by atoms with Crippen molar-refractivity contribution in [2.75, 3.05) is 5.75 Å². The molecule has 0 aliphatic carbocycles. The molecule has 1 aliphatic heterocycles. The minimum absolute atomic E-state index is 0.258. The molecule has 4 heteroatoms. The molecule has 0 unspecified atom stereocenters. The molecule has 0 bridgehead atoms. The van der Waals surface area contributed by atoms with Crippen LogP contribution in [0, 0.1) is 0 Å². The van der Waals surface area contributed by atoms with Crippen molar-refractivity contribution in [1.29, 1.82) is 0 Å². The fourth-order valence-corrected chi connectivity index (χ4v) is 2.44. The molecular weight excluding hydrogens is 231 g/mol. The molecule has 0 saturated carbocycles. The SMILES string of the molecule is C=C(SCCCCC)B1OC(C)(C)C(C)(C)O1. The fraction of sp³-hybridized carbons (Fsp3) is 0.846. The van der Waals surface area contributed by atoms with Crippen molar-refractivity contribution in [3.63, 3.8) is 0 Å². The quantitative estimate of drug-likeness (QED) is 0.527. The molecule has 1 heterocycles. The van der Waals surface area contributed by atoms with E-state index >= 15 is 0 Å². The van der Waals surface area contributed by atoms with E-state index in [2.05, 4.69) is 41.2 Å². The van der Waals surface area contributed by atoms with Gasteiger partial charge >= 0.3 is 7.12 Å². The first kappa shape index (κ1) is 15.1. The smallest absolute Gasteiger partial charge is 0.399 e. The Bertz CT molecular complexity index is 261. The summed E-state index contributed by atoms with van der Waals surface area (Å²) in [5, 5.41) is 0. The Morgan fingerprint density at radius 1 is 1.12 bits per heavy atom. The highest BCUT2D eigenvalue weighted by molar-refractivity contribution is 8.04. The second-order valence-electron chi connectivity index (χ2n) is 5.61. The van der Waals surface area contributed by atoms with Gasteiger partial charge in [-0.3, -0.25) is 0 Å². The normalized spacial score (nSPS) is 21.8. The fourth-order valence-electron chi connectivity index (χ4n) is 1.60. The monoisotopic (exact) mass is 256 g/mol. The molecule has 1 rings (SSSR count). The maximum atomic E-state index is 5.94. The summed E-state index contributed by atoms with van der Waals surface area (Å²) in [6.45, 7) is 14.6. The Hall–Kier alpha value is 0.0749. The first-order chi connectivity index (χ1) is 7.80. The molecular formula is C13H25BO2S. The molecule has 0 aromatic carbocycles. The van der Waals surface area contributed by atoms with Crippen LogP contribution in [0.2, 0.25) is 0 Å². The van der Waals surface area contributed by atoms with Gasteiger partial charge in [-0.15, -0.1) is 11.8 Å². The van der Waals surface area contributed by atoms with Crippen molar-refractivity contribution in [2.45, 2.75) is 65.1 Å². The second kappa shape index (κ2) is 5.81. The van der Waals surface area contributed by atoms with Crippen LogP contribution in [0.25, 0.3) is 0 Å². The summed E-state index contributed by atoms with van der Waals surface area (Å²) in [5.41, 5.74) is -0.519. The van der Waals surface area contributed by atoms with Crippen molar-refractivity contribution in [3.05, 3.63) is 11.4 Å². The summed E-state index contributed by atoms with van der Waals surface area (Å²) in [6.07, 6.45) is 3.77. The number of rotatable bonds is 6. The van der Waals surface area contributed by atoms with Gasteiger partial charge in [-0.25, -0.2) is 0 Å². The molecule has 98 valence electrons. The highest BCUT2D eigenvalue weighted by atomic mass is 32.2. The summed E-state index contributed by atoms with van der Waals surface area (Å²) in [7, 11) is -0.258. The molecule has 0 aromatic heterocycles. The zero-order valence-corrected chi connectivity index (χ0v) is 12.7. The predicted molar refractivity (Wildman–Crippen MR) is 77.2 cm³/mol. The first-order valence-corrected chi connectivity index (χ1v) is 7.46. The van der Waals surface area contributed by atoms with Crippen LogP contribution >= 0.6 is 11.8 Å². The van der Waals surface area contributed by atoms with Crippen LogP contribution in [0.3, 0.4) is 0 Å². The van der Waals surface area contributed by atoms with Crippen LogP contribution in [0.1, 0.15) is 53.9 Å². The summed E-state index contributed by atoms with van der Waals surface area (Å²) in [6, 6.07) is 0. The van der Waals surface area contributed by atoms with Crippen LogP contribution in [-0.2, 0) is 9.31 Å². The first-order valence-electron chi connectivity index (χ1n) is 6.47. The minimum Gasteiger partial charge on any atom is -0.399 e. The van der Waals surface area contributed by atoms with Gasteiger partial charge < -0.3 is 9.31 Å². The lowest BCUT2D eigenvalue weighted by Crippen LogP contribution is -2.41. The minimum atomic E-state index is -0.259. The Balaban J connectivity index is 2.40. The van der Waals surface area contributed by atoms with Gasteiger partial charge in [-0.2, -0.15) is 0 Å². The predicted octanol–water partition coefficient (Wildman–Crippen LogP) is 4.05. The number of hydrogen-bond acceptors (Lipinski definition) is 3. The summed E-state index contributed by atoms with van der Waals surface area (Å²) >= 11 is 1.77. The molecule has 0 N–H and O–H groups in total. The molecule has 0 spiro atoms. The van der Waals surface area contributed by atoms with E-state index < -0.39 is 0 Å². The summed E-state index contributed by atoms with van der Waals surface area (Å²) in [4.78, 5) is 1.000. The van der Waals surface area contributed by atoms with E-state index in [1.165, 1.54) is 19.3 Å². The number of unbranched alkanes of at least 4 members (excludes halogenated alkanes) is 2. The van der Waals surface area contributed by atoms with E-state index in [-0.39, 0.29) is 18.3 Å². The van der Waals surface area contributed by atoms with Crippen LogP contribution in [0.4, 0.5) is 0 Å². The maximum Gasteiger partial charge on any atom is 0.500 e. The summed E-state index contributed by atoms with van der Waals surface area (Å²) < 4.78 is 11.9. The molecule has 1 saturated heterocycles.